The fourth-order valence-corrected chi connectivity index (χ4v) is 6.00. The molecule has 1 spiro atoms. The summed E-state index contributed by atoms with van der Waals surface area (Å²) in [6.07, 6.45) is 9.34. The van der Waals surface area contributed by atoms with Crippen molar-refractivity contribution in [3.05, 3.63) is 41.0 Å². The highest BCUT2D eigenvalue weighted by Gasteiger charge is 2.53. The Morgan fingerprint density at radius 3 is 2.80 bits per heavy atom. The zero-order chi connectivity index (χ0) is 17.1. The summed E-state index contributed by atoms with van der Waals surface area (Å²) < 4.78 is 17.5. The summed E-state index contributed by atoms with van der Waals surface area (Å²) in [5.41, 5.74) is 4.96. The molecular weight excluding hydrogens is 312 g/mol. The first kappa shape index (κ1) is 15.9. The van der Waals surface area contributed by atoms with E-state index in [-0.39, 0.29) is 5.79 Å². The summed E-state index contributed by atoms with van der Waals surface area (Å²) in [4.78, 5) is 0. The van der Waals surface area contributed by atoms with Gasteiger partial charge >= 0.3 is 0 Å². The van der Waals surface area contributed by atoms with Crippen molar-refractivity contribution in [1.29, 1.82) is 0 Å². The second-order valence-corrected chi connectivity index (χ2v) is 8.48. The van der Waals surface area contributed by atoms with Crippen molar-refractivity contribution < 1.29 is 14.2 Å². The van der Waals surface area contributed by atoms with Crippen molar-refractivity contribution in [3.8, 4) is 5.75 Å². The van der Waals surface area contributed by atoms with Gasteiger partial charge in [-0.25, -0.2) is 0 Å². The molecule has 25 heavy (non-hydrogen) atoms. The molecule has 1 aromatic rings. The fourth-order valence-electron chi connectivity index (χ4n) is 6.00. The number of aryl methyl sites for hydroxylation is 1. The molecule has 3 atom stereocenters. The standard InChI is InChI=1S/C22H28O3/c1-21-9-10-22(24-11-12-25-22)14-16(21)4-6-19-18-7-5-17(23-2)13-15(18)3-8-20(19)21/h4-5,7,13,19-20H,3,6,8-12,14H2,1-2H3/t19-,20+,21+/m1/s1. The monoisotopic (exact) mass is 340 g/mol. The average Bonchev–Trinajstić information content (AvgIpc) is 3.10. The van der Waals surface area contributed by atoms with Gasteiger partial charge in [0.05, 0.1) is 20.3 Å². The van der Waals surface area contributed by atoms with Gasteiger partial charge < -0.3 is 14.2 Å². The summed E-state index contributed by atoms with van der Waals surface area (Å²) >= 11 is 0. The Kier molecular flexibility index (Phi) is 3.55. The first-order valence-corrected chi connectivity index (χ1v) is 9.78. The van der Waals surface area contributed by atoms with Gasteiger partial charge in [0.1, 0.15) is 5.75 Å². The number of ether oxygens (including phenoxy) is 3. The first-order valence-electron chi connectivity index (χ1n) is 9.78. The van der Waals surface area contributed by atoms with Crippen LogP contribution in [0.2, 0.25) is 0 Å². The van der Waals surface area contributed by atoms with Crippen molar-refractivity contribution in [2.75, 3.05) is 20.3 Å². The van der Waals surface area contributed by atoms with E-state index in [0.29, 0.717) is 11.3 Å². The minimum Gasteiger partial charge on any atom is -0.497 e. The molecule has 0 unspecified atom stereocenters. The molecule has 0 amide bonds. The van der Waals surface area contributed by atoms with E-state index in [1.807, 2.05) is 0 Å². The Morgan fingerprint density at radius 2 is 2.00 bits per heavy atom. The summed E-state index contributed by atoms with van der Waals surface area (Å²) in [5.74, 6) is 2.08. The molecule has 0 aromatic heterocycles. The average molecular weight is 340 g/mol. The molecule has 1 aliphatic heterocycles. The van der Waals surface area contributed by atoms with Gasteiger partial charge in [0.2, 0.25) is 0 Å². The smallest absolute Gasteiger partial charge is 0.172 e. The number of fused-ring (bicyclic) bond motifs is 5. The van der Waals surface area contributed by atoms with E-state index in [0.717, 1.165) is 44.1 Å². The van der Waals surface area contributed by atoms with Crippen LogP contribution in [0.25, 0.3) is 0 Å². The van der Waals surface area contributed by atoms with Crippen LogP contribution in [0, 0.1) is 11.3 Å². The van der Waals surface area contributed by atoms with Crippen LogP contribution in [-0.4, -0.2) is 26.1 Å². The van der Waals surface area contributed by atoms with Gasteiger partial charge in [0.15, 0.2) is 5.79 Å². The zero-order valence-corrected chi connectivity index (χ0v) is 15.3. The topological polar surface area (TPSA) is 27.7 Å². The maximum atomic E-state index is 6.02. The molecule has 0 bridgehead atoms. The molecule has 0 N–H and O–H groups in total. The summed E-state index contributed by atoms with van der Waals surface area (Å²) in [6.45, 7) is 4.02. The summed E-state index contributed by atoms with van der Waals surface area (Å²) in [5, 5.41) is 0. The van der Waals surface area contributed by atoms with Crippen LogP contribution in [0.15, 0.2) is 29.8 Å². The van der Waals surface area contributed by atoms with Gasteiger partial charge in [-0.2, -0.15) is 0 Å². The van der Waals surface area contributed by atoms with Gasteiger partial charge in [-0.1, -0.05) is 24.6 Å². The number of allylic oxidation sites excluding steroid dienone is 1. The van der Waals surface area contributed by atoms with Crippen molar-refractivity contribution in [1.82, 2.24) is 0 Å². The van der Waals surface area contributed by atoms with E-state index in [2.05, 4.69) is 31.2 Å². The Bertz CT molecular complexity index is 716. The lowest BCUT2D eigenvalue weighted by Gasteiger charge is -2.54. The van der Waals surface area contributed by atoms with Crippen LogP contribution in [-0.2, 0) is 15.9 Å². The fraction of sp³-hybridized carbons (Fsp3) is 0.636. The van der Waals surface area contributed by atoms with E-state index in [1.165, 1.54) is 24.8 Å². The molecule has 5 rings (SSSR count). The Labute approximate surface area is 150 Å². The highest BCUT2D eigenvalue weighted by atomic mass is 16.7. The lowest BCUT2D eigenvalue weighted by atomic mass is 9.52. The molecule has 134 valence electrons. The SMILES string of the molecule is COc1ccc2c(c1)CC[C@H]1[C@@H]2CC=C2CC3(CC[C@@]21C)OCCO3. The number of hydrogen-bond donors (Lipinski definition) is 0. The van der Waals surface area contributed by atoms with Gasteiger partial charge in [0, 0.05) is 12.8 Å². The molecule has 1 aromatic carbocycles. The highest BCUT2D eigenvalue weighted by molar-refractivity contribution is 5.42. The van der Waals surface area contributed by atoms with Crippen LogP contribution >= 0.6 is 0 Å². The van der Waals surface area contributed by atoms with Crippen molar-refractivity contribution in [3.63, 3.8) is 0 Å². The molecule has 3 aliphatic carbocycles. The van der Waals surface area contributed by atoms with Crippen LogP contribution in [0.4, 0.5) is 0 Å². The van der Waals surface area contributed by atoms with Crippen LogP contribution in [0.1, 0.15) is 56.1 Å². The van der Waals surface area contributed by atoms with Gasteiger partial charge in [-0.3, -0.25) is 0 Å². The van der Waals surface area contributed by atoms with E-state index >= 15 is 0 Å². The van der Waals surface area contributed by atoms with E-state index in [4.69, 9.17) is 14.2 Å². The Morgan fingerprint density at radius 1 is 1.16 bits per heavy atom. The molecule has 1 saturated heterocycles. The number of benzene rings is 1. The predicted octanol–water partition coefficient (Wildman–Crippen LogP) is 4.60. The normalized spacial score (nSPS) is 35.5. The van der Waals surface area contributed by atoms with Crippen molar-refractivity contribution >= 4 is 0 Å². The molecule has 3 nitrogen and oxygen atoms in total. The zero-order valence-electron chi connectivity index (χ0n) is 15.3. The van der Waals surface area contributed by atoms with Crippen LogP contribution < -0.4 is 4.74 Å². The lowest BCUT2D eigenvalue weighted by Crippen LogP contribution is -2.47. The predicted molar refractivity (Wildman–Crippen MR) is 96.8 cm³/mol. The molecular formula is C22H28O3. The molecule has 3 heteroatoms. The minimum atomic E-state index is -0.307. The second kappa shape index (κ2) is 5.59. The van der Waals surface area contributed by atoms with E-state index in [9.17, 15) is 0 Å². The number of rotatable bonds is 1. The van der Waals surface area contributed by atoms with Crippen molar-refractivity contribution in [2.45, 2.75) is 57.2 Å². The quantitative estimate of drug-likeness (QED) is 0.699. The Hall–Kier alpha value is -1.32. The minimum absolute atomic E-state index is 0.307. The lowest BCUT2D eigenvalue weighted by molar-refractivity contribution is -0.181. The van der Waals surface area contributed by atoms with Gasteiger partial charge in [0.25, 0.3) is 0 Å². The van der Waals surface area contributed by atoms with Gasteiger partial charge in [-0.15, -0.1) is 0 Å². The van der Waals surface area contributed by atoms with Crippen LogP contribution in [0.5, 0.6) is 5.75 Å². The Balaban J connectivity index is 1.49. The second-order valence-electron chi connectivity index (χ2n) is 8.48. The third-order valence-electron chi connectivity index (χ3n) is 7.43. The molecule has 1 heterocycles. The van der Waals surface area contributed by atoms with E-state index < -0.39 is 0 Å². The highest BCUT2D eigenvalue weighted by Crippen LogP contribution is 2.60. The third-order valence-corrected chi connectivity index (χ3v) is 7.43. The number of methoxy groups -OCH3 is 1. The molecule has 4 aliphatic rings. The summed E-state index contributed by atoms with van der Waals surface area (Å²) in [6, 6.07) is 6.71. The van der Waals surface area contributed by atoms with E-state index in [1.54, 1.807) is 18.2 Å². The maximum Gasteiger partial charge on any atom is 0.172 e. The molecule has 0 radical (unpaired) electrons. The third kappa shape index (κ3) is 2.32. The van der Waals surface area contributed by atoms with Gasteiger partial charge in [-0.05, 0) is 66.2 Å². The van der Waals surface area contributed by atoms with Crippen molar-refractivity contribution in [2.24, 2.45) is 11.3 Å². The molecule has 1 saturated carbocycles. The maximum absolute atomic E-state index is 6.02. The first-order chi connectivity index (χ1) is 12.1. The van der Waals surface area contributed by atoms with Crippen LogP contribution in [0.3, 0.4) is 0 Å². The number of hydrogen-bond acceptors (Lipinski definition) is 3. The molecule has 2 fully saturated rings. The largest absolute Gasteiger partial charge is 0.497 e. The summed E-state index contributed by atoms with van der Waals surface area (Å²) in [7, 11) is 1.76.